The van der Waals surface area contributed by atoms with Gasteiger partial charge in [0.25, 0.3) is 5.91 Å². The lowest BCUT2D eigenvalue weighted by Gasteiger charge is -2.09. The summed E-state index contributed by atoms with van der Waals surface area (Å²) in [4.78, 5) is 23.8. The first-order valence-corrected chi connectivity index (χ1v) is 8.33. The Morgan fingerprint density at radius 3 is 2.46 bits per heavy atom. The minimum absolute atomic E-state index is 0.0515. The Morgan fingerprint density at radius 1 is 1.00 bits per heavy atom. The largest absolute Gasteiger partial charge is 0.478 e. The highest BCUT2D eigenvalue weighted by Gasteiger charge is 2.14. The van der Waals surface area contributed by atoms with Gasteiger partial charge in [-0.25, -0.2) is 4.79 Å². The maximum Gasteiger partial charge on any atom is 0.337 e. The first-order valence-electron chi connectivity index (χ1n) is 7.95. The van der Waals surface area contributed by atoms with Crippen LogP contribution in [0.3, 0.4) is 0 Å². The molecule has 26 heavy (non-hydrogen) atoms. The van der Waals surface area contributed by atoms with Gasteiger partial charge < -0.3 is 10.4 Å². The molecule has 0 saturated carbocycles. The zero-order chi connectivity index (χ0) is 18.7. The average molecular weight is 366 g/mol. The van der Waals surface area contributed by atoms with E-state index in [4.69, 9.17) is 11.6 Å². The third-order valence-electron chi connectivity index (χ3n) is 3.98. The number of nitrogens with one attached hydrogen (secondary N) is 1. The number of rotatable bonds is 4. The Balaban J connectivity index is 1.85. The lowest BCUT2D eigenvalue weighted by molar-refractivity contribution is -0.112. The number of carbonyl (C=O) groups is 2. The molecule has 3 rings (SSSR count). The van der Waals surface area contributed by atoms with E-state index in [0.717, 1.165) is 16.3 Å². The smallest absolute Gasteiger partial charge is 0.337 e. The minimum Gasteiger partial charge on any atom is -0.478 e. The average Bonchev–Trinajstić information content (AvgIpc) is 2.62. The van der Waals surface area contributed by atoms with Gasteiger partial charge in [-0.05, 0) is 53.6 Å². The van der Waals surface area contributed by atoms with Crippen molar-refractivity contribution in [1.29, 1.82) is 0 Å². The van der Waals surface area contributed by atoms with Gasteiger partial charge in [0, 0.05) is 10.6 Å². The van der Waals surface area contributed by atoms with Crippen LogP contribution in [0.2, 0.25) is 5.02 Å². The summed E-state index contributed by atoms with van der Waals surface area (Å²) in [5, 5.41) is 14.4. The molecular weight excluding hydrogens is 350 g/mol. The summed E-state index contributed by atoms with van der Waals surface area (Å²) in [6.45, 7) is 1.68. The maximum atomic E-state index is 12.4. The van der Waals surface area contributed by atoms with Crippen molar-refractivity contribution in [3.8, 4) is 0 Å². The molecular formula is C21H16ClNO3. The lowest BCUT2D eigenvalue weighted by Crippen LogP contribution is -2.15. The van der Waals surface area contributed by atoms with E-state index in [9.17, 15) is 14.7 Å². The topological polar surface area (TPSA) is 66.4 Å². The Labute approximate surface area is 155 Å². The van der Waals surface area contributed by atoms with Crippen molar-refractivity contribution in [2.45, 2.75) is 6.92 Å². The monoisotopic (exact) mass is 365 g/mol. The number of hydrogen-bond donors (Lipinski definition) is 2. The molecule has 0 fully saturated rings. The molecule has 4 nitrogen and oxygen atoms in total. The van der Waals surface area contributed by atoms with Gasteiger partial charge in [0.2, 0.25) is 0 Å². The molecule has 0 unspecified atom stereocenters. The first-order chi connectivity index (χ1) is 12.4. The van der Waals surface area contributed by atoms with E-state index in [-0.39, 0.29) is 17.2 Å². The number of hydrogen-bond acceptors (Lipinski definition) is 2. The van der Waals surface area contributed by atoms with Gasteiger partial charge in [0.05, 0.1) is 11.3 Å². The third-order valence-corrected chi connectivity index (χ3v) is 4.21. The van der Waals surface area contributed by atoms with Gasteiger partial charge in [-0.3, -0.25) is 4.79 Å². The first kappa shape index (κ1) is 17.7. The van der Waals surface area contributed by atoms with Crippen LogP contribution in [0.15, 0.2) is 66.2 Å². The number of halogens is 1. The molecule has 0 aliphatic carbocycles. The summed E-state index contributed by atoms with van der Waals surface area (Å²) < 4.78 is 0. The second kappa shape index (κ2) is 7.42. The van der Waals surface area contributed by atoms with Gasteiger partial charge in [-0.1, -0.05) is 48.0 Å². The van der Waals surface area contributed by atoms with Gasteiger partial charge in [-0.2, -0.15) is 0 Å². The Kier molecular flexibility index (Phi) is 5.05. The normalized spacial score (nSPS) is 11.4. The third kappa shape index (κ3) is 3.92. The summed E-state index contributed by atoms with van der Waals surface area (Å²) in [6.07, 6.45) is 1.76. The minimum atomic E-state index is -1.15. The predicted octanol–water partition coefficient (Wildman–Crippen LogP) is 5.23. The molecule has 0 aliphatic heterocycles. The van der Waals surface area contributed by atoms with Crippen LogP contribution in [0.4, 0.5) is 5.69 Å². The van der Waals surface area contributed by atoms with Crippen molar-refractivity contribution < 1.29 is 14.7 Å². The molecule has 0 spiro atoms. The molecule has 3 aromatic carbocycles. The van der Waals surface area contributed by atoms with Crippen LogP contribution in [0.1, 0.15) is 22.8 Å². The summed E-state index contributed by atoms with van der Waals surface area (Å²) in [5.74, 6) is -1.53. The zero-order valence-electron chi connectivity index (χ0n) is 14.0. The fraction of sp³-hybridized carbons (Fsp3) is 0.0476. The zero-order valence-corrected chi connectivity index (χ0v) is 14.7. The van der Waals surface area contributed by atoms with Crippen LogP contribution in [0.25, 0.3) is 16.8 Å². The van der Waals surface area contributed by atoms with Crippen LogP contribution < -0.4 is 5.32 Å². The van der Waals surface area contributed by atoms with E-state index >= 15 is 0 Å². The van der Waals surface area contributed by atoms with Crippen molar-refractivity contribution in [2.75, 3.05) is 5.32 Å². The second-order valence-corrected chi connectivity index (χ2v) is 6.32. The summed E-state index contributed by atoms with van der Waals surface area (Å²) in [7, 11) is 0. The van der Waals surface area contributed by atoms with Gasteiger partial charge in [0.15, 0.2) is 0 Å². The quantitative estimate of drug-likeness (QED) is 0.622. The Bertz CT molecular complexity index is 1040. The number of fused-ring (bicyclic) bond motifs is 1. The number of aromatic carboxylic acids is 1. The van der Waals surface area contributed by atoms with Crippen LogP contribution in [0.5, 0.6) is 0 Å². The number of benzene rings is 3. The van der Waals surface area contributed by atoms with Crippen molar-refractivity contribution in [2.24, 2.45) is 0 Å². The molecule has 2 N–H and O–H groups in total. The standard InChI is InChI=1S/C21H16ClNO3/c1-13(10-14-6-7-15-4-2-3-5-16(15)11-14)20(24)23-19-9-8-17(22)12-18(19)21(25)26/h2-12H,1H3,(H,23,24)(H,25,26)/b13-10+. The van der Waals surface area contributed by atoms with E-state index < -0.39 is 5.97 Å². The molecule has 0 saturated heterocycles. The molecule has 0 aromatic heterocycles. The Hall–Kier alpha value is -3.11. The number of anilines is 1. The Morgan fingerprint density at radius 2 is 1.73 bits per heavy atom. The second-order valence-electron chi connectivity index (χ2n) is 5.88. The van der Waals surface area contributed by atoms with E-state index in [2.05, 4.69) is 5.32 Å². The highest BCUT2D eigenvalue weighted by Crippen LogP contribution is 2.22. The molecule has 0 atom stereocenters. The van der Waals surface area contributed by atoms with Crippen LogP contribution >= 0.6 is 11.6 Å². The molecule has 0 bridgehead atoms. The molecule has 3 aromatic rings. The van der Waals surface area contributed by atoms with E-state index in [1.165, 1.54) is 18.2 Å². The predicted molar refractivity (Wildman–Crippen MR) is 105 cm³/mol. The van der Waals surface area contributed by atoms with E-state index in [0.29, 0.717) is 10.6 Å². The van der Waals surface area contributed by atoms with Crippen LogP contribution in [-0.4, -0.2) is 17.0 Å². The highest BCUT2D eigenvalue weighted by molar-refractivity contribution is 6.31. The fourth-order valence-corrected chi connectivity index (χ4v) is 2.81. The van der Waals surface area contributed by atoms with Crippen molar-refractivity contribution in [1.82, 2.24) is 0 Å². The lowest BCUT2D eigenvalue weighted by atomic mass is 10.1. The number of carboxylic acids is 1. The van der Waals surface area contributed by atoms with Crippen LogP contribution in [0, 0.1) is 0 Å². The number of carbonyl (C=O) groups excluding carboxylic acids is 1. The molecule has 5 heteroatoms. The van der Waals surface area contributed by atoms with Crippen molar-refractivity contribution in [3.63, 3.8) is 0 Å². The molecule has 0 radical (unpaired) electrons. The fourth-order valence-electron chi connectivity index (χ4n) is 2.64. The van der Waals surface area contributed by atoms with Crippen molar-refractivity contribution >= 4 is 46.0 Å². The molecule has 1 amide bonds. The van der Waals surface area contributed by atoms with Crippen LogP contribution in [-0.2, 0) is 4.79 Å². The van der Waals surface area contributed by atoms with Crippen molar-refractivity contribution in [3.05, 3.63) is 82.4 Å². The molecule has 0 aliphatic rings. The maximum absolute atomic E-state index is 12.4. The molecule has 0 heterocycles. The van der Waals surface area contributed by atoms with Gasteiger partial charge >= 0.3 is 5.97 Å². The summed E-state index contributed by atoms with van der Waals surface area (Å²) in [6, 6.07) is 18.2. The number of amides is 1. The SMILES string of the molecule is C/C(=C\c1ccc2ccccc2c1)C(=O)Nc1ccc(Cl)cc1C(=O)O. The highest BCUT2D eigenvalue weighted by atomic mass is 35.5. The van der Waals surface area contributed by atoms with Gasteiger partial charge in [0.1, 0.15) is 0 Å². The van der Waals surface area contributed by atoms with E-state index in [1.807, 2.05) is 42.5 Å². The van der Waals surface area contributed by atoms with Gasteiger partial charge in [-0.15, -0.1) is 0 Å². The molecule has 130 valence electrons. The number of carboxylic acid groups (broad SMARTS) is 1. The summed E-state index contributed by atoms with van der Waals surface area (Å²) in [5.41, 5.74) is 1.51. The summed E-state index contributed by atoms with van der Waals surface area (Å²) >= 11 is 5.83. The van der Waals surface area contributed by atoms with E-state index in [1.54, 1.807) is 13.0 Å².